The number of rotatable bonds is 8. The zero-order valence-corrected chi connectivity index (χ0v) is 20.8. The zero-order chi connectivity index (χ0) is 20.5. The van der Waals surface area contributed by atoms with Gasteiger partial charge in [0.1, 0.15) is 0 Å². The van der Waals surface area contributed by atoms with E-state index in [0.29, 0.717) is 11.9 Å². The maximum atomic E-state index is 12.6. The minimum Gasteiger partial charge on any atom is -0.357 e. The molecule has 6 nitrogen and oxygen atoms in total. The largest absolute Gasteiger partial charge is 0.357 e. The zero-order valence-electron chi connectivity index (χ0n) is 18.5. The van der Waals surface area contributed by atoms with E-state index in [-0.39, 0.29) is 29.9 Å². The van der Waals surface area contributed by atoms with E-state index in [0.717, 1.165) is 64.5 Å². The van der Waals surface area contributed by atoms with E-state index in [1.165, 1.54) is 18.4 Å². The number of nitrogens with zero attached hydrogens (tertiary/aromatic N) is 3. The van der Waals surface area contributed by atoms with Crippen LogP contribution in [0.4, 0.5) is 0 Å². The molecule has 1 unspecified atom stereocenters. The number of carbonyl (C=O) groups excluding carboxylic acids is 1. The molecule has 1 saturated carbocycles. The molecule has 2 aliphatic rings. The number of benzene rings is 1. The van der Waals surface area contributed by atoms with Crippen LogP contribution in [0.1, 0.15) is 44.6 Å². The van der Waals surface area contributed by atoms with Crippen LogP contribution in [-0.4, -0.2) is 67.5 Å². The van der Waals surface area contributed by atoms with Gasteiger partial charge in [-0.25, -0.2) is 0 Å². The summed E-state index contributed by atoms with van der Waals surface area (Å²) in [7, 11) is 2.13. The summed E-state index contributed by atoms with van der Waals surface area (Å²) in [6.07, 6.45) is 5.57. The monoisotopic (exact) mass is 527 g/mol. The van der Waals surface area contributed by atoms with E-state index in [9.17, 15) is 4.79 Å². The Morgan fingerprint density at radius 1 is 1.20 bits per heavy atom. The Morgan fingerprint density at radius 3 is 2.63 bits per heavy atom. The first-order valence-corrected chi connectivity index (χ1v) is 11.2. The highest BCUT2D eigenvalue weighted by Gasteiger charge is 2.32. The molecule has 2 fully saturated rings. The molecule has 1 aliphatic carbocycles. The van der Waals surface area contributed by atoms with Gasteiger partial charge in [-0.1, -0.05) is 43.2 Å². The van der Waals surface area contributed by atoms with Crippen LogP contribution in [0.3, 0.4) is 0 Å². The number of nitrogens with one attached hydrogen (secondary N) is 2. The third kappa shape index (κ3) is 7.72. The Hall–Kier alpha value is -1.35. The number of hydrogen-bond donors (Lipinski definition) is 2. The number of amides is 1. The molecule has 1 amide bonds. The highest BCUT2D eigenvalue weighted by Crippen LogP contribution is 2.27. The van der Waals surface area contributed by atoms with Crippen molar-refractivity contribution in [3.63, 3.8) is 0 Å². The fraction of sp³-hybridized carbons (Fsp3) is 0.652. The van der Waals surface area contributed by atoms with Crippen LogP contribution in [0.25, 0.3) is 0 Å². The van der Waals surface area contributed by atoms with Gasteiger partial charge in [0, 0.05) is 44.7 Å². The normalized spacial score (nSPS) is 19.8. The number of hydrogen-bond acceptors (Lipinski definition) is 3. The van der Waals surface area contributed by atoms with Gasteiger partial charge < -0.3 is 20.4 Å². The Balaban J connectivity index is 0.00000320. The van der Waals surface area contributed by atoms with Crippen molar-refractivity contribution in [1.29, 1.82) is 0 Å². The number of halogens is 1. The molecule has 30 heavy (non-hydrogen) atoms. The average molecular weight is 527 g/mol. The van der Waals surface area contributed by atoms with Crippen LogP contribution in [-0.2, 0) is 11.3 Å². The summed E-state index contributed by atoms with van der Waals surface area (Å²) in [6.45, 7) is 7.17. The van der Waals surface area contributed by atoms with Crippen molar-refractivity contribution in [1.82, 2.24) is 20.4 Å². The van der Waals surface area contributed by atoms with Gasteiger partial charge in [-0.2, -0.15) is 0 Å². The second-order valence-electron chi connectivity index (χ2n) is 8.38. The summed E-state index contributed by atoms with van der Waals surface area (Å²) in [4.78, 5) is 21.8. The third-order valence-corrected chi connectivity index (χ3v) is 5.94. The van der Waals surface area contributed by atoms with Crippen molar-refractivity contribution in [3.8, 4) is 0 Å². The molecular weight excluding hydrogens is 489 g/mol. The molecule has 2 N–H and O–H groups in total. The predicted octanol–water partition coefficient (Wildman–Crippen LogP) is 3.08. The fourth-order valence-corrected chi connectivity index (χ4v) is 4.33. The smallest absolute Gasteiger partial charge is 0.225 e. The molecule has 1 atom stereocenters. The lowest BCUT2D eigenvalue weighted by Gasteiger charge is -2.21. The summed E-state index contributed by atoms with van der Waals surface area (Å²) < 4.78 is 0. The Bertz CT molecular complexity index is 663. The average Bonchev–Trinajstić information content (AvgIpc) is 3.41. The molecule has 1 aromatic carbocycles. The van der Waals surface area contributed by atoms with Gasteiger partial charge >= 0.3 is 0 Å². The van der Waals surface area contributed by atoms with Gasteiger partial charge in [0.05, 0.1) is 6.54 Å². The Kier molecular flexibility index (Phi) is 10.9. The summed E-state index contributed by atoms with van der Waals surface area (Å²) in [5.74, 6) is 1.51. The molecule has 3 rings (SSSR count). The molecule has 1 aliphatic heterocycles. The highest BCUT2D eigenvalue weighted by atomic mass is 127. The van der Waals surface area contributed by atoms with Crippen LogP contribution < -0.4 is 10.6 Å². The molecule has 0 bridgehead atoms. The fourth-order valence-electron chi connectivity index (χ4n) is 4.33. The van der Waals surface area contributed by atoms with Gasteiger partial charge in [0.2, 0.25) is 5.91 Å². The number of likely N-dealkylation sites (N-methyl/N-ethyl adjacent to an activating group) is 1. The molecule has 1 heterocycles. The first-order chi connectivity index (χ1) is 14.2. The minimum atomic E-state index is 0. The van der Waals surface area contributed by atoms with Crippen LogP contribution in [0.2, 0.25) is 0 Å². The molecule has 7 heteroatoms. The van der Waals surface area contributed by atoms with Crippen molar-refractivity contribution >= 4 is 35.8 Å². The maximum absolute atomic E-state index is 12.6. The quantitative estimate of drug-likeness (QED) is 0.310. The second-order valence-corrected chi connectivity index (χ2v) is 8.38. The summed E-state index contributed by atoms with van der Waals surface area (Å²) in [6, 6.07) is 10.8. The lowest BCUT2D eigenvalue weighted by Crippen LogP contribution is -2.45. The molecule has 0 aromatic heterocycles. The van der Waals surface area contributed by atoms with E-state index in [2.05, 4.69) is 58.7 Å². The van der Waals surface area contributed by atoms with Crippen molar-refractivity contribution in [2.45, 2.75) is 51.6 Å². The summed E-state index contributed by atoms with van der Waals surface area (Å²) in [5, 5.41) is 6.89. The van der Waals surface area contributed by atoms with Gasteiger partial charge in [-0.3, -0.25) is 9.79 Å². The number of carbonyl (C=O) groups is 1. The van der Waals surface area contributed by atoms with Gasteiger partial charge in [0.25, 0.3) is 0 Å². The lowest BCUT2D eigenvalue weighted by atomic mass is 10.1. The van der Waals surface area contributed by atoms with Gasteiger partial charge in [-0.05, 0) is 38.8 Å². The maximum Gasteiger partial charge on any atom is 0.225 e. The lowest BCUT2D eigenvalue weighted by molar-refractivity contribution is -0.134. The molecule has 0 radical (unpaired) electrons. The van der Waals surface area contributed by atoms with E-state index in [4.69, 9.17) is 4.99 Å². The molecule has 1 aromatic rings. The van der Waals surface area contributed by atoms with Crippen LogP contribution in [0.5, 0.6) is 0 Å². The van der Waals surface area contributed by atoms with E-state index < -0.39 is 0 Å². The topological polar surface area (TPSA) is 60.0 Å². The van der Waals surface area contributed by atoms with Crippen LogP contribution in [0.15, 0.2) is 35.3 Å². The van der Waals surface area contributed by atoms with Crippen LogP contribution in [0, 0.1) is 5.92 Å². The summed E-state index contributed by atoms with van der Waals surface area (Å²) >= 11 is 0. The highest BCUT2D eigenvalue weighted by molar-refractivity contribution is 14.0. The Labute approximate surface area is 198 Å². The molecule has 0 spiro atoms. The first kappa shape index (κ1) is 24.9. The predicted molar refractivity (Wildman–Crippen MR) is 134 cm³/mol. The minimum absolute atomic E-state index is 0. The van der Waals surface area contributed by atoms with Crippen LogP contribution >= 0.6 is 24.0 Å². The SMILES string of the molecule is CCNC(=NCCN(C)Cc1ccccc1)NC1CCN(C(=O)C2CCCC2)C1.I. The van der Waals surface area contributed by atoms with Crippen molar-refractivity contribution in [2.75, 3.05) is 39.8 Å². The molecule has 168 valence electrons. The van der Waals surface area contributed by atoms with Gasteiger partial charge in [-0.15, -0.1) is 24.0 Å². The van der Waals surface area contributed by atoms with E-state index >= 15 is 0 Å². The third-order valence-electron chi connectivity index (χ3n) is 5.94. The van der Waals surface area contributed by atoms with Crippen molar-refractivity contribution in [3.05, 3.63) is 35.9 Å². The summed E-state index contributed by atoms with van der Waals surface area (Å²) in [5.41, 5.74) is 1.32. The van der Waals surface area contributed by atoms with Crippen molar-refractivity contribution < 1.29 is 4.79 Å². The first-order valence-electron chi connectivity index (χ1n) is 11.2. The second kappa shape index (κ2) is 13.1. The molecule has 1 saturated heterocycles. The number of guanidine groups is 1. The van der Waals surface area contributed by atoms with Crippen molar-refractivity contribution in [2.24, 2.45) is 10.9 Å². The van der Waals surface area contributed by atoms with E-state index in [1.54, 1.807) is 0 Å². The van der Waals surface area contributed by atoms with Gasteiger partial charge in [0.15, 0.2) is 5.96 Å². The standard InChI is InChI=1S/C23H37N5O.HI/c1-3-24-23(25-14-16-27(2)17-19-9-5-4-6-10-19)26-21-13-15-28(18-21)22(29)20-11-7-8-12-20;/h4-6,9-10,20-21H,3,7-8,11-18H2,1-2H3,(H2,24,25,26);1H. The number of likely N-dealkylation sites (tertiary alicyclic amines) is 1. The van der Waals surface area contributed by atoms with E-state index in [1.807, 2.05) is 6.07 Å². The number of aliphatic imine (C=N–C) groups is 1. The Morgan fingerprint density at radius 2 is 1.93 bits per heavy atom. The molecular formula is C23H38IN5O.